The van der Waals surface area contributed by atoms with Crippen molar-refractivity contribution in [2.45, 2.75) is 39.2 Å². The fourth-order valence-electron chi connectivity index (χ4n) is 2.95. The lowest BCUT2D eigenvalue weighted by Gasteiger charge is -2.37. The Kier molecular flexibility index (Phi) is 3.45. The van der Waals surface area contributed by atoms with Gasteiger partial charge >= 0.3 is 0 Å². The van der Waals surface area contributed by atoms with Gasteiger partial charge in [0.05, 0.1) is 0 Å². The van der Waals surface area contributed by atoms with Gasteiger partial charge in [-0.1, -0.05) is 13.8 Å². The fourth-order valence-corrected chi connectivity index (χ4v) is 2.95. The molecule has 0 radical (unpaired) electrons. The Morgan fingerprint density at radius 3 is 2.29 bits per heavy atom. The number of hydrogen-bond acceptors (Lipinski definition) is 2. The zero-order chi connectivity index (χ0) is 9.97. The van der Waals surface area contributed by atoms with Crippen LogP contribution in [0.1, 0.15) is 33.1 Å². The Bertz CT molecular complexity index is 173. The highest BCUT2D eigenvalue weighted by molar-refractivity contribution is 4.84. The summed E-state index contributed by atoms with van der Waals surface area (Å²) in [7, 11) is 0. The van der Waals surface area contributed by atoms with Crippen LogP contribution in [0.15, 0.2) is 0 Å². The monoisotopic (exact) mass is 196 g/mol. The lowest BCUT2D eigenvalue weighted by molar-refractivity contribution is 0.1000. The van der Waals surface area contributed by atoms with Crippen molar-refractivity contribution in [3.05, 3.63) is 0 Å². The first kappa shape index (κ1) is 10.4. The maximum absolute atomic E-state index is 2.73. The molecular formula is C12H24N2. The molecule has 1 saturated heterocycles. The Balaban J connectivity index is 1.78. The van der Waals surface area contributed by atoms with Crippen molar-refractivity contribution in [3.8, 4) is 0 Å². The SMILES string of the molecule is CCN1CCN([C@@H]2CC[C@H](C)C2)CC1. The molecule has 1 heterocycles. The molecule has 0 spiro atoms. The molecule has 82 valence electrons. The number of hydrogen-bond donors (Lipinski definition) is 0. The summed E-state index contributed by atoms with van der Waals surface area (Å²) in [5.74, 6) is 0.976. The summed E-state index contributed by atoms with van der Waals surface area (Å²) in [6.07, 6.45) is 4.36. The molecule has 2 aliphatic rings. The molecule has 2 fully saturated rings. The van der Waals surface area contributed by atoms with Crippen molar-refractivity contribution >= 4 is 0 Å². The molecular weight excluding hydrogens is 172 g/mol. The second-order valence-corrected chi connectivity index (χ2v) is 5.04. The van der Waals surface area contributed by atoms with E-state index in [1.54, 1.807) is 0 Å². The van der Waals surface area contributed by atoms with Gasteiger partial charge in [-0.2, -0.15) is 0 Å². The van der Waals surface area contributed by atoms with Crippen LogP contribution in [0, 0.1) is 5.92 Å². The summed E-state index contributed by atoms with van der Waals surface area (Å²) in [5.41, 5.74) is 0. The predicted octanol–water partition coefficient (Wildman–Crippen LogP) is 1.81. The van der Waals surface area contributed by atoms with Crippen LogP contribution < -0.4 is 0 Å². The van der Waals surface area contributed by atoms with Crippen LogP contribution in [-0.2, 0) is 0 Å². The number of rotatable bonds is 2. The van der Waals surface area contributed by atoms with Crippen molar-refractivity contribution in [2.75, 3.05) is 32.7 Å². The first-order chi connectivity index (χ1) is 6.79. The Morgan fingerprint density at radius 1 is 1.07 bits per heavy atom. The molecule has 0 aromatic rings. The largest absolute Gasteiger partial charge is 0.301 e. The van der Waals surface area contributed by atoms with Crippen LogP contribution >= 0.6 is 0 Å². The Morgan fingerprint density at radius 2 is 1.79 bits per heavy atom. The summed E-state index contributed by atoms with van der Waals surface area (Å²) in [6.45, 7) is 11.1. The van der Waals surface area contributed by atoms with E-state index in [4.69, 9.17) is 0 Å². The van der Waals surface area contributed by atoms with Crippen molar-refractivity contribution < 1.29 is 0 Å². The van der Waals surface area contributed by atoms with Gasteiger partial charge < -0.3 is 4.90 Å². The van der Waals surface area contributed by atoms with Gasteiger partial charge in [-0.3, -0.25) is 4.90 Å². The van der Waals surface area contributed by atoms with Crippen molar-refractivity contribution in [3.63, 3.8) is 0 Å². The quantitative estimate of drug-likeness (QED) is 0.664. The number of piperazine rings is 1. The molecule has 0 N–H and O–H groups in total. The summed E-state index contributed by atoms with van der Waals surface area (Å²) in [5, 5.41) is 0. The normalized spacial score (nSPS) is 36.4. The van der Waals surface area contributed by atoms with Crippen molar-refractivity contribution in [1.82, 2.24) is 9.80 Å². The molecule has 1 aliphatic carbocycles. The van der Waals surface area contributed by atoms with Crippen LogP contribution in [-0.4, -0.2) is 48.6 Å². The molecule has 1 aliphatic heterocycles. The Labute approximate surface area is 88.3 Å². The first-order valence-corrected chi connectivity index (χ1v) is 6.26. The van der Waals surface area contributed by atoms with E-state index < -0.39 is 0 Å². The van der Waals surface area contributed by atoms with Crippen LogP contribution in [0.4, 0.5) is 0 Å². The van der Waals surface area contributed by atoms with E-state index in [1.165, 1.54) is 52.0 Å². The topological polar surface area (TPSA) is 6.48 Å². The molecule has 0 bridgehead atoms. The molecule has 0 aromatic carbocycles. The van der Waals surface area contributed by atoms with E-state index >= 15 is 0 Å². The summed E-state index contributed by atoms with van der Waals surface area (Å²) < 4.78 is 0. The maximum atomic E-state index is 2.73. The van der Waals surface area contributed by atoms with Gasteiger partial charge in [-0.05, 0) is 31.7 Å². The third-order valence-electron chi connectivity index (χ3n) is 4.04. The van der Waals surface area contributed by atoms with Gasteiger partial charge in [0, 0.05) is 32.2 Å². The van der Waals surface area contributed by atoms with Gasteiger partial charge in [0.2, 0.25) is 0 Å². The zero-order valence-electron chi connectivity index (χ0n) is 9.71. The highest BCUT2D eigenvalue weighted by Gasteiger charge is 2.28. The lowest BCUT2D eigenvalue weighted by Crippen LogP contribution is -2.49. The third-order valence-corrected chi connectivity index (χ3v) is 4.04. The van der Waals surface area contributed by atoms with Gasteiger partial charge in [0.15, 0.2) is 0 Å². The highest BCUT2D eigenvalue weighted by Crippen LogP contribution is 2.29. The molecule has 2 heteroatoms. The molecule has 14 heavy (non-hydrogen) atoms. The van der Waals surface area contributed by atoms with Gasteiger partial charge in [-0.15, -0.1) is 0 Å². The summed E-state index contributed by atoms with van der Waals surface area (Å²) in [4.78, 5) is 5.30. The summed E-state index contributed by atoms with van der Waals surface area (Å²) >= 11 is 0. The molecule has 2 rings (SSSR count). The highest BCUT2D eigenvalue weighted by atomic mass is 15.3. The standard InChI is InChI=1S/C12H24N2/c1-3-13-6-8-14(9-7-13)12-5-4-11(2)10-12/h11-12H,3-10H2,1-2H3/t11-,12+/m0/s1. The van der Waals surface area contributed by atoms with E-state index in [2.05, 4.69) is 23.6 Å². The molecule has 1 saturated carbocycles. The molecule has 0 amide bonds. The molecule has 2 nitrogen and oxygen atoms in total. The maximum Gasteiger partial charge on any atom is 0.0113 e. The van der Waals surface area contributed by atoms with Crippen LogP contribution in [0.25, 0.3) is 0 Å². The fraction of sp³-hybridized carbons (Fsp3) is 1.00. The van der Waals surface area contributed by atoms with Crippen molar-refractivity contribution in [1.29, 1.82) is 0 Å². The van der Waals surface area contributed by atoms with Gasteiger partial charge in [-0.25, -0.2) is 0 Å². The number of likely N-dealkylation sites (N-methyl/N-ethyl adjacent to an activating group) is 1. The zero-order valence-corrected chi connectivity index (χ0v) is 9.71. The van der Waals surface area contributed by atoms with Gasteiger partial charge in [0.1, 0.15) is 0 Å². The molecule has 0 aromatic heterocycles. The van der Waals surface area contributed by atoms with Crippen LogP contribution in [0.3, 0.4) is 0 Å². The minimum atomic E-state index is 0.920. The lowest BCUT2D eigenvalue weighted by atomic mass is 10.1. The van der Waals surface area contributed by atoms with E-state index in [0.717, 1.165) is 12.0 Å². The predicted molar refractivity (Wildman–Crippen MR) is 60.5 cm³/mol. The van der Waals surface area contributed by atoms with Gasteiger partial charge in [0.25, 0.3) is 0 Å². The van der Waals surface area contributed by atoms with E-state index in [1.807, 2.05) is 0 Å². The average Bonchev–Trinajstić information content (AvgIpc) is 2.65. The van der Waals surface area contributed by atoms with Crippen molar-refractivity contribution in [2.24, 2.45) is 5.92 Å². The van der Waals surface area contributed by atoms with Crippen LogP contribution in [0.2, 0.25) is 0 Å². The minimum absolute atomic E-state index is 0.920. The molecule has 0 unspecified atom stereocenters. The smallest absolute Gasteiger partial charge is 0.0113 e. The minimum Gasteiger partial charge on any atom is -0.301 e. The summed E-state index contributed by atoms with van der Waals surface area (Å²) in [6, 6.07) is 0.920. The second kappa shape index (κ2) is 4.63. The van der Waals surface area contributed by atoms with E-state index in [9.17, 15) is 0 Å². The molecule has 2 atom stereocenters. The van der Waals surface area contributed by atoms with E-state index in [-0.39, 0.29) is 0 Å². The van der Waals surface area contributed by atoms with Crippen LogP contribution in [0.5, 0.6) is 0 Å². The second-order valence-electron chi connectivity index (χ2n) is 5.04. The van der Waals surface area contributed by atoms with E-state index in [0.29, 0.717) is 0 Å². The third kappa shape index (κ3) is 2.29. The Hall–Kier alpha value is -0.0800. The number of nitrogens with zero attached hydrogens (tertiary/aromatic N) is 2. The average molecular weight is 196 g/mol. The first-order valence-electron chi connectivity index (χ1n) is 6.26.